The molecule has 2 nitrogen and oxygen atoms in total. The third kappa shape index (κ3) is 1.69. The molecule has 0 amide bonds. The molecule has 0 bridgehead atoms. The van der Waals surface area contributed by atoms with E-state index in [9.17, 15) is 0 Å². The minimum absolute atomic E-state index is 0.569. The van der Waals surface area contributed by atoms with Gasteiger partial charge in [0.05, 0.1) is 5.69 Å². The maximum Gasteiger partial charge on any atom is 0.0514 e. The fourth-order valence-corrected chi connectivity index (χ4v) is 2.44. The summed E-state index contributed by atoms with van der Waals surface area (Å²) in [4.78, 5) is 4.58. The van der Waals surface area contributed by atoms with Crippen LogP contribution in [0.1, 0.15) is 24.5 Å². The van der Waals surface area contributed by atoms with Crippen LogP contribution in [0.2, 0.25) is 0 Å². The number of aromatic nitrogens is 1. The highest BCUT2D eigenvalue weighted by atomic mass is 16.5. The first kappa shape index (κ1) is 9.79. The van der Waals surface area contributed by atoms with Gasteiger partial charge in [-0.05, 0) is 24.3 Å². The Morgan fingerprint density at radius 2 is 1.88 bits per heavy atom. The lowest BCUT2D eigenvalue weighted by atomic mass is 9.92. The van der Waals surface area contributed by atoms with Crippen molar-refractivity contribution < 1.29 is 4.74 Å². The van der Waals surface area contributed by atoms with Crippen molar-refractivity contribution in [3.63, 3.8) is 0 Å². The zero-order valence-electron chi connectivity index (χ0n) is 9.23. The number of nitrogens with zero attached hydrogens (tertiary/aromatic N) is 1. The topological polar surface area (TPSA) is 22.1 Å². The summed E-state index contributed by atoms with van der Waals surface area (Å²) in [5.41, 5.74) is 1.25. The quantitative estimate of drug-likeness (QED) is 0.726. The van der Waals surface area contributed by atoms with Gasteiger partial charge in [0.25, 0.3) is 0 Å². The molecule has 16 heavy (non-hydrogen) atoms. The van der Waals surface area contributed by atoms with E-state index in [1.165, 1.54) is 16.5 Å². The van der Waals surface area contributed by atoms with Crippen LogP contribution in [0.25, 0.3) is 10.8 Å². The summed E-state index contributed by atoms with van der Waals surface area (Å²) >= 11 is 0. The van der Waals surface area contributed by atoms with Gasteiger partial charge in [-0.15, -0.1) is 0 Å². The molecule has 2 aromatic rings. The van der Waals surface area contributed by atoms with Crippen LogP contribution in [0.4, 0.5) is 0 Å². The summed E-state index contributed by atoms with van der Waals surface area (Å²) in [5.74, 6) is 0.569. The van der Waals surface area contributed by atoms with Crippen LogP contribution in [0.15, 0.2) is 36.5 Å². The van der Waals surface area contributed by atoms with Crippen molar-refractivity contribution in [2.24, 2.45) is 0 Å². The predicted molar refractivity (Wildman–Crippen MR) is 64.5 cm³/mol. The molecule has 0 spiro atoms. The fourth-order valence-electron chi connectivity index (χ4n) is 2.44. The Labute approximate surface area is 95.3 Å². The second-order valence-corrected chi connectivity index (χ2v) is 4.30. The second kappa shape index (κ2) is 4.22. The van der Waals surface area contributed by atoms with Crippen molar-refractivity contribution >= 4 is 10.8 Å². The molecule has 2 heterocycles. The Morgan fingerprint density at radius 3 is 2.75 bits per heavy atom. The normalized spacial score (nSPS) is 17.8. The third-order valence-electron chi connectivity index (χ3n) is 3.31. The molecule has 0 saturated carbocycles. The van der Waals surface area contributed by atoms with Crippen LogP contribution in [-0.4, -0.2) is 18.2 Å². The molecule has 1 aliphatic rings. The first-order chi connectivity index (χ1) is 7.95. The van der Waals surface area contributed by atoms with Crippen LogP contribution in [0.5, 0.6) is 0 Å². The highest BCUT2D eigenvalue weighted by Crippen LogP contribution is 2.30. The molecule has 0 unspecified atom stereocenters. The minimum Gasteiger partial charge on any atom is -0.381 e. The number of benzene rings is 1. The Bertz CT molecular complexity index is 484. The minimum atomic E-state index is 0.569. The SMILES string of the molecule is c1ccc2c(C3CCOCC3)nccc2c1. The van der Waals surface area contributed by atoms with Gasteiger partial charge in [-0.25, -0.2) is 0 Å². The first-order valence-electron chi connectivity index (χ1n) is 5.86. The Kier molecular flexibility index (Phi) is 2.58. The van der Waals surface area contributed by atoms with Crippen LogP contribution in [-0.2, 0) is 4.74 Å². The molecule has 0 atom stereocenters. The molecule has 1 saturated heterocycles. The molecule has 1 aliphatic heterocycles. The number of hydrogen-bond donors (Lipinski definition) is 0. The van der Waals surface area contributed by atoms with E-state index < -0.39 is 0 Å². The molecular formula is C14H15NO. The fraction of sp³-hybridized carbons (Fsp3) is 0.357. The van der Waals surface area contributed by atoms with E-state index in [0.29, 0.717) is 5.92 Å². The predicted octanol–water partition coefficient (Wildman–Crippen LogP) is 3.13. The van der Waals surface area contributed by atoms with Crippen LogP contribution < -0.4 is 0 Å². The van der Waals surface area contributed by atoms with Crippen LogP contribution in [0.3, 0.4) is 0 Å². The molecule has 2 heteroatoms. The summed E-state index contributed by atoms with van der Waals surface area (Å²) in [7, 11) is 0. The molecule has 1 aromatic heterocycles. The van der Waals surface area contributed by atoms with Gasteiger partial charge in [0.1, 0.15) is 0 Å². The lowest BCUT2D eigenvalue weighted by Crippen LogP contribution is -2.15. The van der Waals surface area contributed by atoms with Gasteiger partial charge in [-0.1, -0.05) is 24.3 Å². The molecule has 82 valence electrons. The average Bonchev–Trinajstić information content (AvgIpc) is 2.39. The van der Waals surface area contributed by atoms with E-state index in [0.717, 1.165) is 26.1 Å². The van der Waals surface area contributed by atoms with Gasteiger partial charge in [0, 0.05) is 30.7 Å². The third-order valence-corrected chi connectivity index (χ3v) is 3.31. The molecule has 1 aromatic carbocycles. The van der Waals surface area contributed by atoms with E-state index in [1.807, 2.05) is 6.20 Å². The van der Waals surface area contributed by atoms with E-state index in [1.54, 1.807) is 0 Å². The number of hydrogen-bond acceptors (Lipinski definition) is 2. The van der Waals surface area contributed by atoms with Gasteiger partial charge in [-0.2, -0.15) is 0 Å². The molecule has 0 aliphatic carbocycles. The first-order valence-corrected chi connectivity index (χ1v) is 5.86. The molecular weight excluding hydrogens is 198 g/mol. The zero-order valence-corrected chi connectivity index (χ0v) is 9.23. The van der Waals surface area contributed by atoms with Crippen molar-refractivity contribution in [3.8, 4) is 0 Å². The summed E-state index contributed by atoms with van der Waals surface area (Å²) < 4.78 is 5.41. The number of ether oxygens (including phenoxy) is 1. The molecule has 0 N–H and O–H groups in total. The van der Waals surface area contributed by atoms with Crippen molar-refractivity contribution in [2.45, 2.75) is 18.8 Å². The van der Waals surface area contributed by atoms with Gasteiger partial charge in [-0.3, -0.25) is 4.98 Å². The number of pyridine rings is 1. The van der Waals surface area contributed by atoms with E-state index in [4.69, 9.17) is 4.74 Å². The molecule has 0 radical (unpaired) electrons. The van der Waals surface area contributed by atoms with Crippen molar-refractivity contribution in [1.82, 2.24) is 4.98 Å². The van der Waals surface area contributed by atoms with Gasteiger partial charge in [0.2, 0.25) is 0 Å². The highest BCUT2D eigenvalue weighted by molar-refractivity contribution is 5.84. The zero-order chi connectivity index (χ0) is 10.8. The van der Waals surface area contributed by atoms with Gasteiger partial charge in [0.15, 0.2) is 0 Å². The Balaban J connectivity index is 2.08. The average molecular weight is 213 g/mol. The summed E-state index contributed by atoms with van der Waals surface area (Å²) in [6.07, 6.45) is 4.12. The summed E-state index contributed by atoms with van der Waals surface area (Å²) in [5, 5.41) is 2.59. The summed E-state index contributed by atoms with van der Waals surface area (Å²) in [6.45, 7) is 1.74. The van der Waals surface area contributed by atoms with E-state index >= 15 is 0 Å². The van der Waals surface area contributed by atoms with Crippen molar-refractivity contribution in [2.75, 3.05) is 13.2 Å². The van der Waals surface area contributed by atoms with Gasteiger partial charge >= 0.3 is 0 Å². The second-order valence-electron chi connectivity index (χ2n) is 4.30. The monoisotopic (exact) mass is 213 g/mol. The lowest BCUT2D eigenvalue weighted by molar-refractivity contribution is 0.0848. The maximum absolute atomic E-state index is 5.41. The number of fused-ring (bicyclic) bond motifs is 1. The summed E-state index contributed by atoms with van der Waals surface area (Å²) in [6, 6.07) is 10.6. The number of rotatable bonds is 1. The lowest BCUT2D eigenvalue weighted by Gasteiger charge is -2.22. The Hall–Kier alpha value is -1.41. The smallest absolute Gasteiger partial charge is 0.0514 e. The van der Waals surface area contributed by atoms with Crippen molar-refractivity contribution in [3.05, 3.63) is 42.2 Å². The van der Waals surface area contributed by atoms with Crippen LogP contribution >= 0.6 is 0 Å². The van der Waals surface area contributed by atoms with E-state index in [-0.39, 0.29) is 0 Å². The van der Waals surface area contributed by atoms with E-state index in [2.05, 4.69) is 35.3 Å². The highest BCUT2D eigenvalue weighted by Gasteiger charge is 2.18. The molecule has 3 rings (SSSR count). The maximum atomic E-state index is 5.41. The largest absolute Gasteiger partial charge is 0.381 e. The van der Waals surface area contributed by atoms with Crippen molar-refractivity contribution in [1.29, 1.82) is 0 Å². The molecule has 1 fully saturated rings. The van der Waals surface area contributed by atoms with Gasteiger partial charge < -0.3 is 4.74 Å². The van der Waals surface area contributed by atoms with Crippen LogP contribution in [0, 0.1) is 0 Å². The standard InChI is InChI=1S/C14H15NO/c1-2-4-13-11(3-1)5-8-15-14(13)12-6-9-16-10-7-12/h1-5,8,12H,6-7,9-10H2. The Morgan fingerprint density at radius 1 is 1.06 bits per heavy atom.